The van der Waals surface area contributed by atoms with Crippen LogP contribution in [0.4, 0.5) is 0 Å². The molecule has 3 heteroatoms. The Balaban J connectivity index is 2.50. The van der Waals surface area contributed by atoms with E-state index < -0.39 is 0 Å². The number of rotatable bonds is 3. The van der Waals surface area contributed by atoms with Crippen molar-refractivity contribution in [1.29, 1.82) is 0 Å². The zero-order valence-electron chi connectivity index (χ0n) is 6.30. The minimum absolute atomic E-state index is 0.926. The predicted octanol–water partition coefficient (Wildman–Crippen LogP) is 2.74. The Bertz CT molecular complexity index is 242. The molecule has 0 aliphatic carbocycles. The van der Waals surface area contributed by atoms with E-state index in [0.29, 0.717) is 0 Å². The third-order valence-electron chi connectivity index (χ3n) is 1.20. The molecule has 1 heterocycles. The maximum Gasteiger partial charge on any atom is 0.0704 e. The van der Waals surface area contributed by atoms with Gasteiger partial charge in [0.2, 0.25) is 0 Å². The SMILES string of the molecule is CNC/C=C/c1ccc(Br)s1. The molecule has 0 atom stereocenters. The third kappa shape index (κ3) is 3.18. The van der Waals surface area contributed by atoms with Gasteiger partial charge in [0.25, 0.3) is 0 Å². The molecule has 11 heavy (non-hydrogen) atoms. The second-order valence-corrected chi connectivity index (χ2v) is 4.60. The van der Waals surface area contributed by atoms with E-state index in [1.807, 2.05) is 7.05 Å². The second-order valence-electron chi connectivity index (χ2n) is 2.10. The smallest absolute Gasteiger partial charge is 0.0704 e. The zero-order chi connectivity index (χ0) is 8.10. The summed E-state index contributed by atoms with van der Waals surface area (Å²) < 4.78 is 1.18. The fraction of sp³-hybridized carbons (Fsp3) is 0.250. The first kappa shape index (κ1) is 8.97. The van der Waals surface area contributed by atoms with Crippen LogP contribution in [0.3, 0.4) is 0 Å². The summed E-state index contributed by atoms with van der Waals surface area (Å²) >= 11 is 5.15. The molecule has 60 valence electrons. The number of thiophene rings is 1. The molecule has 0 aromatic carbocycles. The van der Waals surface area contributed by atoms with Crippen molar-refractivity contribution in [2.75, 3.05) is 13.6 Å². The zero-order valence-corrected chi connectivity index (χ0v) is 8.71. The summed E-state index contributed by atoms with van der Waals surface area (Å²) in [5.41, 5.74) is 0. The lowest BCUT2D eigenvalue weighted by atomic mass is 10.4. The molecule has 1 aromatic heterocycles. The molecule has 0 saturated heterocycles. The van der Waals surface area contributed by atoms with Gasteiger partial charge in [-0.1, -0.05) is 6.08 Å². The molecule has 0 fully saturated rings. The Kier molecular flexibility index (Phi) is 3.83. The van der Waals surface area contributed by atoms with Crippen LogP contribution in [0.15, 0.2) is 22.0 Å². The van der Waals surface area contributed by atoms with Crippen molar-refractivity contribution in [1.82, 2.24) is 5.32 Å². The van der Waals surface area contributed by atoms with Gasteiger partial charge in [-0.05, 0) is 41.2 Å². The van der Waals surface area contributed by atoms with E-state index in [1.54, 1.807) is 11.3 Å². The van der Waals surface area contributed by atoms with Gasteiger partial charge in [0.15, 0.2) is 0 Å². The molecule has 1 aromatic rings. The minimum atomic E-state index is 0.926. The van der Waals surface area contributed by atoms with E-state index in [-0.39, 0.29) is 0 Å². The van der Waals surface area contributed by atoms with Gasteiger partial charge in [-0.25, -0.2) is 0 Å². The van der Waals surface area contributed by atoms with Crippen LogP contribution < -0.4 is 5.32 Å². The van der Waals surface area contributed by atoms with Gasteiger partial charge in [-0.15, -0.1) is 11.3 Å². The largest absolute Gasteiger partial charge is 0.316 e. The lowest BCUT2D eigenvalue weighted by Crippen LogP contribution is -2.03. The van der Waals surface area contributed by atoms with Gasteiger partial charge >= 0.3 is 0 Å². The molecule has 0 saturated carbocycles. The summed E-state index contributed by atoms with van der Waals surface area (Å²) in [6.07, 6.45) is 4.23. The van der Waals surface area contributed by atoms with Crippen LogP contribution in [-0.2, 0) is 0 Å². The first-order chi connectivity index (χ1) is 5.33. The predicted molar refractivity (Wildman–Crippen MR) is 55.0 cm³/mol. The minimum Gasteiger partial charge on any atom is -0.316 e. The Morgan fingerprint density at radius 3 is 3.00 bits per heavy atom. The maximum absolute atomic E-state index is 3.41. The first-order valence-electron chi connectivity index (χ1n) is 3.39. The number of likely N-dealkylation sites (N-methyl/N-ethyl adjacent to an activating group) is 1. The van der Waals surface area contributed by atoms with Crippen molar-refractivity contribution in [3.63, 3.8) is 0 Å². The lowest BCUT2D eigenvalue weighted by molar-refractivity contribution is 0.922. The highest BCUT2D eigenvalue weighted by atomic mass is 79.9. The van der Waals surface area contributed by atoms with Gasteiger partial charge in [0.05, 0.1) is 3.79 Å². The summed E-state index contributed by atoms with van der Waals surface area (Å²) in [7, 11) is 1.94. The lowest BCUT2D eigenvalue weighted by Gasteiger charge is -1.86. The molecular formula is C8H10BrNS. The van der Waals surface area contributed by atoms with Crippen LogP contribution in [0.2, 0.25) is 0 Å². The highest BCUT2D eigenvalue weighted by molar-refractivity contribution is 9.11. The molecule has 0 bridgehead atoms. The molecule has 0 spiro atoms. The van der Waals surface area contributed by atoms with Gasteiger partial charge in [-0.3, -0.25) is 0 Å². The molecule has 0 unspecified atom stereocenters. The average molecular weight is 232 g/mol. The summed E-state index contributed by atoms with van der Waals surface area (Å²) in [6, 6.07) is 4.16. The van der Waals surface area contributed by atoms with Crippen molar-refractivity contribution in [3.05, 3.63) is 26.9 Å². The van der Waals surface area contributed by atoms with Gasteiger partial charge in [0.1, 0.15) is 0 Å². The van der Waals surface area contributed by atoms with Gasteiger partial charge in [0, 0.05) is 11.4 Å². The standard InChI is InChI=1S/C8H10BrNS/c1-10-6-2-3-7-4-5-8(9)11-7/h2-5,10H,6H2,1H3/b3-2+. The van der Waals surface area contributed by atoms with Crippen molar-refractivity contribution in [3.8, 4) is 0 Å². The van der Waals surface area contributed by atoms with Crippen LogP contribution in [0, 0.1) is 0 Å². The van der Waals surface area contributed by atoms with Crippen LogP contribution in [0.5, 0.6) is 0 Å². The van der Waals surface area contributed by atoms with Crippen LogP contribution in [-0.4, -0.2) is 13.6 Å². The molecular weight excluding hydrogens is 222 g/mol. The molecule has 0 aliphatic rings. The molecule has 0 amide bonds. The fourth-order valence-corrected chi connectivity index (χ4v) is 2.07. The Labute approximate surface area is 79.3 Å². The normalized spacial score (nSPS) is 11.1. The Hall–Kier alpha value is -0.120. The first-order valence-corrected chi connectivity index (χ1v) is 5.00. The number of hydrogen-bond acceptors (Lipinski definition) is 2. The maximum atomic E-state index is 3.41. The van der Waals surface area contributed by atoms with E-state index >= 15 is 0 Å². The Morgan fingerprint density at radius 1 is 1.64 bits per heavy atom. The number of hydrogen-bond donors (Lipinski definition) is 1. The topological polar surface area (TPSA) is 12.0 Å². The van der Waals surface area contributed by atoms with E-state index in [2.05, 4.69) is 45.5 Å². The van der Waals surface area contributed by atoms with Crippen molar-refractivity contribution in [2.24, 2.45) is 0 Å². The van der Waals surface area contributed by atoms with Crippen LogP contribution in [0.1, 0.15) is 4.88 Å². The molecule has 0 aliphatic heterocycles. The molecule has 1 nitrogen and oxygen atoms in total. The third-order valence-corrected chi connectivity index (χ3v) is 2.79. The van der Waals surface area contributed by atoms with E-state index in [0.717, 1.165) is 6.54 Å². The quantitative estimate of drug-likeness (QED) is 0.844. The molecule has 1 rings (SSSR count). The van der Waals surface area contributed by atoms with Gasteiger partial charge < -0.3 is 5.32 Å². The van der Waals surface area contributed by atoms with Crippen LogP contribution in [0.25, 0.3) is 6.08 Å². The second kappa shape index (κ2) is 4.70. The Morgan fingerprint density at radius 2 is 2.45 bits per heavy atom. The summed E-state index contributed by atoms with van der Waals surface area (Å²) in [5, 5.41) is 3.05. The van der Waals surface area contributed by atoms with Crippen molar-refractivity contribution in [2.45, 2.75) is 0 Å². The highest BCUT2D eigenvalue weighted by Gasteiger charge is 1.90. The molecule has 0 radical (unpaired) electrons. The highest BCUT2D eigenvalue weighted by Crippen LogP contribution is 2.22. The van der Waals surface area contributed by atoms with Gasteiger partial charge in [-0.2, -0.15) is 0 Å². The van der Waals surface area contributed by atoms with Crippen LogP contribution >= 0.6 is 27.3 Å². The fourth-order valence-electron chi connectivity index (χ4n) is 0.711. The summed E-state index contributed by atoms with van der Waals surface area (Å²) in [4.78, 5) is 1.28. The average Bonchev–Trinajstić information content (AvgIpc) is 2.37. The number of halogens is 1. The summed E-state index contributed by atoms with van der Waals surface area (Å²) in [6.45, 7) is 0.926. The number of nitrogens with one attached hydrogen (secondary N) is 1. The van der Waals surface area contributed by atoms with Crippen molar-refractivity contribution < 1.29 is 0 Å². The molecule has 1 N–H and O–H groups in total. The monoisotopic (exact) mass is 231 g/mol. The van der Waals surface area contributed by atoms with E-state index in [1.165, 1.54) is 8.66 Å². The van der Waals surface area contributed by atoms with Crippen molar-refractivity contribution >= 4 is 33.3 Å². The van der Waals surface area contributed by atoms with E-state index in [4.69, 9.17) is 0 Å². The van der Waals surface area contributed by atoms with E-state index in [9.17, 15) is 0 Å². The summed E-state index contributed by atoms with van der Waals surface area (Å²) in [5.74, 6) is 0.